The zero-order valence-corrected chi connectivity index (χ0v) is 12.7. The van der Waals surface area contributed by atoms with Crippen LogP contribution in [0.3, 0.4) is 0 Å². The third-order valence-electron chi connectivity index (χ3n) is 3.49. The van der Waals surface area contributed by atoms with Crippen molar-refractivity contribution in [2.75, 3.05) is 12.4 Å². The molecule has 0 saturated carbocycles. The van der Waals surface area contributed by atoms with Crippen molar-refractivity contribution >= 4 is 18.5 Å². The predicted molar refractivity (Wildman–Crippen MR) is 92.2 cm³/mol. The molecule has 0 aliphatic rings. The van der Waals surface area contributed by atoms with Crippen molar-refractivity contribution in [2.24, 2.45) is 0 Å². The molecule has 5 heteroatoms. The summed E-state index contributed by atoms with van der Waals surface area (Å²) < 4.78 is 6.59. The summed E-state index contributed by atoms with van der Waals surface area (Å²) >= 11 is 0. The van der Waals surface area contributed by atoms with Gasteiger partial charge in [0.1, 0.15) is 5.75 Å². The van der Waals surface area contributed by atoms with Crippen LogP contribution in [0.5, 0.6) is 5.75 Å². The Bertz CT molecular complexity index is 954. The number of aromatic nitrogens is 2. The van der Waals surface area contributed by atoms with Gasteiger partial charge in [-0.2, -0.15) is 0 Å². The van der Waals surface area contributed by atoms with Gasteiger partial charge < -0.3 is 10.1 Å². The van der Waals surface area contributed by atoms with Crippen LogP contribution in [0.2, 0.25) is 0 Å². The lowest BCUT2D eigenvalue weighted by atomic mass is 10.3. The number of hydrogen-bond donors (Lipinski definition) is 2. The van der Waals surface area contributed by atoms with Crippen LogP contribution in [0.1, 0.15) is 0 Å². The normalized spacial score (nSPS) is 11.4. The fourth-order valence-electron chi connectivity index (χ4n) is 2.25. The molecule has 5 nitrogen and oxygen atoms in total. The molecule has 0 amide bonds. The van der Waals surface area contributed by atoms with Crippen LogP contribution in [0.25, 0.3) is 18.5 Å². The number of nitrogens with one attached hydrogen (secondary N) is 2. The number of methoxy groups -OCH3 is 1. The maximum absolute atomic E-state index is 12.5. The number of aromatic amines is 1. The minimum Gasteiger partial charge on any atom is -0.497 e. The topological polar surface area (TPSA) is 59.0 Å². The van der Waals surface area contributed by atoms with E-state index in [1.807, 2.05) is 54.6 Å². The van der Waals surface area contributed by atoms with Gasteiger partial charge in [0, 0.05) is 11.9 Å². The second-order valence-electron chi connectivity index (χ2n) is 5.00. The summed E-state index contributed by atoms with van der Waals surface area (Å²) in [5, 5.41) is 7.14. The first-order valence-electron chi connectivity index (χ1n) is 7.15. The van der Waals surface area contributed by atoms with Crippen LogP contribution >= 0.6 is 0 Å². The molecule has 23 heavy (non-hydrogen) atoms. The largest absolute Gasteiger partial charge is 0.497 e. The number of hydrogen-bond acceptors (Lipinski definition) is 3. The SMILES string of the molecule is C=c1[nH]n(-c2ccccc2)c(=O)c1=CNc1ccc(OC)cc1. The summed E-state index contributed by atoms with van der Waals surface area (Å²) in [4.78, 5) is 12.5. The Hall–Kier alpha value is -3.21. The lowest BCUT2D eigenvalue weighted by Gasteiger charge is -2.02. The Kier molecular flexibility index (Phi) is 4.01. The Labute approximate surface area is 133 Å². The maximum Gasteiger partial charge on any atom is 0.280 e. The Morgan fingerprint density at radius 2 is 1.83 bits per heavy atom. The first-order chi connectivity index (χ1) is 11.2. The van der Waals surface area contributed by atoms with E-state index in [0.29, 0.717) is 10.6 Å². The van der Waals surface area contributed by atoms with Gasteiger partial charge in [-0.3, -0.25) is 9.89 Å². The van der Waals surface area contributed by atoms with Gasteiger partial charge in [-0.25, -0.2) is 4.68 Å². The van der Waals surface area contributed by atoms with Crippen LogP contribution in [0.4, 0.5) is 5.69 Å². The molecule has 3 rings (SSSR count). The molecule has 2 aromatic carbocycles. The van der Waals surface area contributed by atoms with Gasteiger partial charge in [0.15, 0.2) is 0 Å². The molecular formula is C18H17N3O2. The Morgan fingerprint density at radius 1 is 1.13 bits per heavy atom. The number of anilines is 1. The number of para-hydroxylation sites is 1. The van der Waals surface area contributed by atoms with Crippen LogP contribution in [0.15, 0.2) is 59.4 Å². The van der Waals surface area contributed by atoms with Crippen molar-refractivity contribution in [1.82, 2.24) is 9.78 Å². The molecule has 1 heterocycles. The number of nitrogens with zero attached hydrogens (tertiary/aromatic N) is 1. The lowest BCUT2D eigenvalue weighted by Crippen LogP contribution is -2.34. The highest BCUT2D eigenvalue weighted by Crippen LogP contribution is 2.14. The molecule has 0 bridgehead atoms. The van der Waals surface area contributed by atoms with E-state index in [0.717, 1.165) is 17.1 Å². The zero-order valence-electron chi connectivity index (χ0n) is 12.7. The number of rotatable bonds is 4. The predicted octanol–water partition coefficient (Wildman–Crippen LogP) is 1.43. The average molecular weight is 307 g/mol. The van der Waals surface area contributed by atoms with Crippen molar-refractivity contribution in [3.8, 4) is 11.4 Å². The number of H-pyrrole nitrogens is 1. The van der Waals surface area contributed by atoms with Crippen LogP contribution < -0.4 is 26.2 Å². The summed E-state index contributed by atoms with van der Waals surface area (Å²) in [6, 6.07) is 16.8. The van der Waals surface area contributed by atoms with E-state index in [2.05, 4.69) is 17.0 Å². The third-order valence-corrected chi connectivity index (χ3v) is 3.49. The van der Waals surface area contributed by atoms with Crippen molar-refractivity contribution in [3.63, 3.8) is 0 Å². The first kappa shape index (κ1) is 14.7. The summed E-state index contributed by atoms with van der Waals surface area (Å²) in [6.45, 7) is 3.90. The summed E-state index contributed by atoms with van der Waals surface area (Å²) in [7, 11) is 1.62. The van der Waals surface area contributed by atoms with E-state index < -0.39 is 0 Å². The molecule has 1 aromatic heterocycles. The van der Waals surface area contributed by atoms with Gasteiger partial charge in [-0.05, 0) is 36.4 Å². The highest BCUT2D eigenvalue weighted by atomic mass is 16.5. The van der Waals surface area contributed by atoms with E-state index in [1.165, 1.54) is 4.68 Å². The highest BCUT2D eigenvalue weighted by Gasteiger charge is 2.03. The van der Waals surface area contributed by atoms with Crippen LogP contribution in [-0.2, 0) is 0 Å². The highest BCUT2D eigenvalue weighted by molar-refractivity contribution is 5.55. The smallest absolute Gasteiger partial charge is 0.280 e. The second-order valence-corrected chi connectivity index (χ2v) is 5.00. The quantitative estimate of drug-likeness (QED) is 0.767. The molecule has 0 unspecified atom stereocenters. The maximum atomic E-state index is 12.5. The third kappa shape index (κ3) is 3.03. The molecule has 2 N–H and O–H groups in total. The Morgan fingerprint density at radius 3 is 2.48 bits per heavy atom. The molecule has 0 spiro atoms. The van der Waals surface area contributed by atoms with Gasteiger partial charge in [-0.15, -0.1) is 0 Å². The lowest BCUT2D eigenvalue weighted by molar-refractivity contribution is 0.415. The standard InChI is InChI=1S/C18H17N3O2/c1-13-17(12-19-14-8-10-16(23-2)11-9-14)18(22)21(20-13)15-6-4-3-5-7-15/h3-12,19-20H,1H2,2H3. The van der Waals surface area contributed by atoms with E-state index in [1.54, 1.807) is 13.3 Å². The first-order valence-corrected chi connectivity index (χ1v) is 7.15. The monoisotopic (exact) mass is 307 g/mol. The zero-order chi connectivity index (χ0) is 16.2. The van der Waals surface area contributed by atoms with E-state index >= 15 is 0 Å². The molecule has 0 radical (unpaired) electrons. The molecule has 0 saturated heterocycles. The fraction of sp³-hybridized carbons (Fsp3) is 0.0556. The number of benzene rings is 2. The molecule has 116 valence electrons. The summed E-state index contributed by atoms with van der Waals surface area (Å²) in [5.74, 6) is 0.779. The molecule has 0 aliphatic carbocycles. The van der Waals surface area contributed by atoms with Gasteiger partial charge in [-0.1, -0.05) is 24.8 Å². The van der Waals surface area contributed by atoms with Gasteiger partial charge >= 0.3 is 0 Å². The van der Waals surface area contributed by atoms with E-state index in [-0.39, 0.29) is 5.56 Å². The van der Waals surface area contributed by atoms with Crippen LogP contribution in [-0.4, -0.2) is 16.9 Å². The van der Waals surface area contributed by atoms with Crippen LogP contribution in [0, 0.1) is 0 Å². The van der Waals surface area contributed by atoms with E-state index in [9.17, 15) is 4.79 Å². The Balaban J connectivity index is 1.95. The fourth-order valence-corrected chi connectivity index (χ4v) is 2.25. The van der Waals surface area contributed by atoms with Gasteiger partial charge in [0.2, 0.25) is 0 Å². The van der Waals surface area contributed by atoms with Crippen molar-refractivity contribution in [3.05, 3.63) is 75.5 Å². The molecule has 0 atom stereocenters. The minimum absolute atomic E-state index is 0.151. The minimum atomic E-state index is -0.151. The molecule has 0 fully saturated rings. The average Bonchev–Trinajstić information content (AvgIpc) is 2.88. The molecule has 0 aliphatic heterocycles. The molecule has 3 aromatic rings. The van der Waals surface area contributed by atoms with Crippen molar-refractivity contribution < 1.29 is 4.74 Å². The second kappa shape index (κ2) is 6.27. The summed E-state index contributed by atoms with van der Waals surface area (Å²) in [6.07, 6.45) is 1.66. The summed E-state index contributed by atoms with van der Waals surface area (Å²) in [5.41, 5.74) is 1.48. The van der Waals surface area contributed by atoms with Crippen molar-refractivity contribution in [1.29, 1.82) is 0 Å². The van der Waals surface area contributed by atoms with Gasteiger partial charge in [0.05, 0.1) is 23.4 Å². The molecular weight excluding hydrogens is 290 g/mol. The van der Waals surface area contributed by atoms with E-state index in [4.69, 9.17) is 4.74 Å². The van der Waals surface area contributed by atoms with Gasteiger partial charge in [0.25, 0.3) is 5.56 Å². The van der Waals surface area contributed by atoms with Crippen molar-refractivity contribution in [2.45, 2.75) is 0 Å². The number of ether oxygens (including phenoxy) is 1.